The van der Waals surface area contributed by atoms with Crippen molar-refractivity contribution in [1.82, 2.24) is 14.9 Å². The highest BCUT2D eigenvalue weighted by atomic mass is 127. The molecule has 0 aromatic heterocycles. The second-order valence-corrected chi connectivity index (χ2v) is 9.31. The first-order chi connectivity index (χ1) is 12.9. The highest BCUT2D eigenvalue weighted by molar-refractivity contribution is 14.0. The van der Waals surface area contributed by atoms with Gasteiger partial charge in [0, 0.05) is 37.7 Å². The molecule has 11 heteroatoms. The second-order valence-electron chi connectivity index (χ2n) is 6.00. The Labute approximate surface area is 187 Å². The predicted octanol–water partition coefficient (Wildman–Crippen LogP) is 2.06. The summed E-state index contributed by atoms with van der Waals surface area (Å²) in [6.07, 6.45) is 0.289. The summed E-state index contributed by atoms with van der Waals surface area (Å²) in [7, 11) is -3.30. The number of rotatable bonds is 8. The Balaban J connectivity index is 0.00000392. The molecule has 1 aliphatic rings. The molecule has 0 bridgehead atoms. The number of benzene rings is 1. The third kappa shape index (κ3) is 8.37. The third-order valence-corrected chi connectivity index (χ3v) is 6.81. The minimum atomic E-state index is -3.30. The van der Waals surface area contributed by atoms with Crippen molar-refractivity contribution in [3.05, 3.63) is 35.4 Å². The molecule has 0 unspecified atom stereocenters. The number of hydrogen-bond acceptors (Lipinski definition) is 4. The van der Waals surface area contributed by atoms with Crippen molar-refractivity contribution >= 4 is 51.7 Å². The summed E-state index contributed by atoms with van der Waals surface area (Å²) in [5.74, 6) is 1.12. The molecule has 1 heterocycles. The van der Waals surface area contributed by atoms with E-state index in [4.69, 9.17) is 0 Å². The Morgan fingerprint density at radius 3 is 2.64 bits per heavy atom. The SMILES string of the molecule is CCNC(=NCCS(=O)(=O)N1CCSCC1)NCCc1cc(F)ccc1F.I. The quantitative estimate of drug-likeness (QED) is 0.296. The van der Waals surface area contributed by atoms with Crippen LogP contribution in [0.15, 0.2) is 23.2 Å². The summed E-state index contributed by atoms with van der Waals surface area (Å²) in [4.78, 5) is 4.28. The average molecular weight is 548 g/mol. The molecule has 0 saturated carbocycles. The van der Waals surface area contributed by atoms with Crippen LogP contribution in [-0.2, 0) is 16.4 Å². The van der Waals surface area contributed by atoms with Gasteiger partial charge in [-0.2, -0.15) is 11.8 Å². The van der Waals surface area contributed by atoms with E-state index in [1.165, 1.54) is 10.4 Å². The monoisotopic (exact) mass is 548 g/mol. The van der Waals surface area contributed by atoms with Gasteiger partial charge < -0.3 is 10.6 Å². The molecule has 6 nitrogen and oxygen atoms in total. The maximum atomic E-state index is 13.6. The zero-order valence-electron chi connectivity index (χ0n) is 15.8. The summed E-state index contributed by atoms with van der Waals surface area (Å²) < 4.78 is 53.0. The van der Waals surface area contributed by atoms with Gasteiger partial charge in [0.2, 0.25) is 10.0 Å². The van der Waals surface area contributed by atoms with Crippen LogP contribution >= 0.6 is 35.7 Å². The van der Waals surface area contributed by atoms with Gasteiger partial charge in [-0.25, -0.2) is 21.5 Å². The van der Waals surface area contributed by atoms with E-state index in [9.17, 15) is 17.2 Å². The van der Waals surface area contributed by atoms with E-state index in [1.54, 1.807) is 11.8 Å². The van der Waals surface area contributed by atoms with E-state index in [-0.39, 0.29) is 48.3 Å². The average Bonchev–Trinajstić information content (AvgIpc) is 2.65. The first-order valence-corrected chi connectivity index (χ1v) is 11.7. The Morgan fingerprint density at radius 2 is 1.96 bits per heavy atom. The van der Waals surface area contributed by atoms with Crippen molar-refractivity contribution in [3.8, 4) is 0 Å². The summed E-state index contributed by atoms with van der Waals surface area (Å²) in [5, 5.41) is 6.04. The number of nitrogens with zero attached hydrogens (tertiary/aromatic N) is 2. The van der Waals surface area contributed by atoms with E-state index in [2.05, 4.69) is 15.6 Å². The van der Waals surface area contributed by atoms with E-state index in [0.29, 0.717) is 32.1 Å². The number of sulfonamides is 1. The molecule has 2 N–H and O–H groups in total. The second kappa shape index (κ2) is 12.8. The smallest absolute Gasteiger partial charge is 0.215 e. The molecule has 1 saturated heterocycles. The molecule has 1 aromatic carbocycles. The lowest BCUT2D eigenvalue weighted by molar-refractivity contribution is 0.444. The van der Waals surface area contributed by atoms with Crippen molar-refractivity contribution in [1.29, 1.82) is 0 Å². The van der Waals surface area contributed by atoms with Gasteiger partial charge in [-0.1, -0.05) is 0 Å². The predicted molar refractivity (Wildman–Crippen MR) is 122 cm³/mol. The van der Waals surface area contributed by atoms with E-state index in [0.717, 1.165) is 23.6 Å². The van der Waals surface area contributed by atoms with Crippen LogP contribution in [0.5, 0.6) is 0 Å². The molecular formula is C17H27F2IN4O2S2. The number of thioether (sulfide) groups is 1. The Kier molecular flexibility index (Phi) is 11.6. The van der Waals surface area contributed by atoms with Crippen LogP contribution in [0, 0.1) is 11.6 Å². The summed E-state index contributed by atoms with van der Waals surface area (Å²) in [6.45, 7) is 4.09. The van der Waals surface area contributed by atoms with E-state index in [1.807, 2.05) is 6.92 Å². The zero-order chi connectivity index (χ0) is 19.7. The molecule has 1 aliphatic heterocycles. The van der Waals surface area contributed by atoms with Crippen molar-refractivity contribution in [3.63, 3.8) is 0 Å². The number of hydrogen-bond donors (Lipinski definition) is 2. The highest BCUT2D eigenvalue weighted by Gasteiger charge is 2.23. The van der Waals surface area contributed by atoms with Crippen LogP contribution in [0.4, 0.5) is 8.78 Å². The summed E-state index contributed by atoms with van der Waals surface area (Å²) >= 11 is 1.76. The van der Waals surface area contributed by atoms with Crippen LogP contribution in [-0.4, -0.2) is 68.7 Å². The van der Waals surface area contributed by atoms with Crippen LogP contribution in [0.2, 0.25) is 0 Å². The van der Waals surface area contributed by atoms with E-state index >= 15 is 0 Å². The summed E-state index contributed by atoms with van der Waals surface area (Å²) in [5.41, 5.74) is 0.281. The first-order valence-electron chi connectivity index (χ1n) is 8.94. The van der Waals surface area contributed by atoms with Gasteiger partial charge in [0.15, 0.2) is 5.96 Å². The lowest BCUT2D eigenvalue weighted by Gasteiger charge is -2.25. The number of halogens is 3. The number of nitrogens with one attached hydrogen (secondary N) is 2. The largest absolute Gasteiger partial charge is 0.357 e. The maximum absolute atomic E-state index is 13.6. The number of guanidine groups is 1. The molecule has 2 rings (SSSR count). The topological polar surface area (TPSA) is 73.8 Å². The summed E-state index contributed by atoms with van der Waals surface area (Å²) in [6, 6.07) is 3.36. The van der Waals surface area contributed by atoms with Gasteiger partial charge in [0.05, 0.1) is 12.3 Å². The standard InChI is InChI=1S/C17H26F2N4O2S2.HI/c1-2-20-17(21-6-5-14-13-15(18)3-4-16(14)19)22-7-12-27(24,25)23-8-10-26-11-9-23;/h3-4,13H,2,5-12H2,1H3,(H2,20,21,22);1H. The van der Waals surface area contributed by atoms with Crippen molar-refractivity contribution in [2.75, 3.05) is 50.0 Å². The van der Waals surface area contributed by atoms with E-state index < -0.39 is 21.7 Å². The third-order valence-electron chi connectivity index (χ3n) is 4.02. The van der Waals surface area contributed by atoms with Crippen molar-refractivity contribution in [2.24, 2.45) is 4.99 Å². The fourth-order valence-corrected chi connectivity index (χ4v) is 5.07. The molecule has 0 spiro atoms. The van der Waals surface area contributed by atoms with Crippen LogP contribution in [0.1, 0.15) is 12.5 Å². The Bertz CT molecular complexity index is 745. The van der Waals surface area contributed by atoms with Crippen LogP contribution < -0.4 is 10.6 Å². The molecule has 1 fully saturated rings. The van der Waals surface area contributed by atoms with Crippen LogP contribution in [0.25, 0.3) is 0 Å². The van der Waals surface area contributed by atoms with Crippen molar-refractivity contribution < 1.29 is 17.2 Å². The molecule has 0 aliphatic carbocycles. The maximum Gasteiger partial charge on any atom is 0.215 e. The molecule has 0 radical (unpaired) electrons. The van der Waals surface area contributed by atoms with Gasteiger partial charge in [0.25, 0.3) is 0 Å². The van der Waals surface area contributed by atoms with Gasteiger partial charge in [-0.05, 0) is 37.1 Å². The molecule has 28 heavy (non-hydrogen) atoms. The molecule has 160 valence electrons. The number of aliphatic imine (C=N–C) groups is 1. The Hall–Kier alpha value is -0.660. The first kappa shape index (κ1) is 25.4. The van der Waals surface area contributed by atoms with Crippen molar-refractivity contribution in [2.45, 2.75) is 13.3 Å². The fourth-order valence-electron chi connectivity index (χ4n) is 2.62. The molecule has 1 aromatic rings. The zero-order valence-corrected chi connectivity index (χ0v) is 19.8. The highest BCUT2D eigenvalue weighted by Crippen LogP contribution is 2.13. The lowest BCUT2D eigenvalue weighted by atomic mass is 10.1. The minimum Gasteiger partial charge on any atom is -0.357 e. The molecule has 0 atom stereocenters. The lowest BCUT2D eigenvalue weighted by Crippen LogP contribution is -2.41. The van der Waals surface area contributed by atoms with Gasteiger partial charge in [0.1, 0.15) is 11.6 Å². The fraction of sp³-hybridized carbons (Fsp3) is 0.588. The molecular weight excluding hydrogens is 521 g/mol. The van der Waals surface area contributed by atoms with Gasteiger partial charge in [-0.15, -0.1) is 24.0 Å². The van der Waals surface area contributed by atoms with Gasteiger partial charge >= 0.3 is 0 Å². The molecule has 0 amide bonds. The normalized spacial score (nSPS) is 15.8. The van der Waals surface area contributed by atoms with Gasteiger partial charge in [-0.3, -0.25) is 4.99 Å². The minimum absolute atomic E-state index is 0. The van der Waals surface area contributed by atoms with Crippen LogP contribution in [0.3, 0.4) is 0 Å². The Morgan fingerprint density at radius 1 is 1.25 bits per heavy atom.